The molecule has 3 rings (SSSR count). The number of thiophene rings is 2. The average Bonchev–Trinajstić information content (AvgIpc) is 3.18. The smallest absolute Gasteiger partial charge is 0.349 e. The number of nitrogens with one attached hydrogen (secondary N) is 1. The van der Waals surface area contributed by atoms with Crippen LogP contribution in [0, 0.1) is 0 Å². The number of rotatable bonds is 5. The van der Waals surface area contributed by atoms with Crippen LogP contribution in [-0.4, -0.2) is 18.0 Å². The lowest BCUT2D eigenvalue weighted by Gasteiger charge is -2.12. The molecular formula is C18H21NO3S2. The zero-order valence-corrected chi connectivity index (χ0v) is 15.3. The van der Waals surface area contributed by atoms with Crippen LogP contribution in [-0.2, 0) is 28.9 Å². The molecule has 0 saturated carbocycles. The Kier molecular flexibility index (Phi) is 5.68. The largest absolute Gasteiger partial charge is 0.448 e. The van der Waals surface area contributed by atoms with Gasteiger partial charge in [-0.25, -0.2) is 4.79 Å². The molecule has 2 aromatic heterocycles. The molecule has 2 heterocycles. The van der Waals surface area contributed by atoms with E-state index in [1.807, 2.05) is 23.6 Å². The molecule has 1 aliphatic rings. The van der Waals surface area contributed by atoms with Gasteiger partial charge in [-0.15, -0.1) is 22.7 Å². The number of hydrogen-bond acceptors (Lipinski definition) is 5. The fraction of sp³-hybridized carbons (Fsp3) is 0.444. The second-order valence-electron chi connectivity index (χ2n) is 5.96. The van der Waals surface area contributed by atoms with E-state index in [4.69, 9.17) is 4.74 Å². The number of aryl methyl sites for hydroxylation is 2. The number of carbonyl (C=O) groups excluding carboxylic acids is 2. The van der Waals surface area contributed by atoms with Gasteiger partial charge in [-0.1, -0.05) is 12.5 Å². The van der Waals surface area contributed by atoms with Gasteiger partial charge in [0.15, 0.2) is 6.10 Å². The summed E-state index contributed by atoms with van der Waals surface area (Å²) in [5.74, 6) is -0.665. The number of hydrogen-bond donors (Lipinski definition) is 1. The highest BCUT2D eigenvalue weighted by atomic mass is 32.1. The number of amides is 1. The molecule has 0 unspecified atom stereocenters. The maximum atomic E-state index is 12.3. The van der Waals surface area contributed by atoms with Crippen molar-refractivity contribution in [1.29, 1.82) is 0 Å². The number of fused-ring (bicyclic) bond motifs is 1. The minimum Gasteiger partial charge on any atom is -0.448 e. The first-order valence-corrected chi connectivity index (χ1v) is 9.96. The molecule has 0 radical (unpaired) electrons. The van der Waals surface area contributed by atoms with E-state index in [1.165, 1.54) is 41.0 Å². The van der Waals surface area contributed by atoms with Crippen molar-refractivity contribution in [2.24, 2.45) is 0 Å². The highest BCUT2D eigenvalue weighted by molar-refractivity contribution is 7.14. The molecule has 2 aromatic rings. The Labute approximate surface area is 149 Å². The SMILES string of the molecule is C[C@H](OC(=O)c1cc2c(s1)CCCCC2)C(=O)NCc1cccs1. The van der Waals surface area contributed by atoms with Crippen LogP contribution in [0.5, 0.6) is 0 Å². The molecule has 1 aliphatic carbocycles. The topological polar surface area (TPSA) is 55.4 Å². The second-order valence-corrected chi connectivity index (χ2v) is 8.13. The minimum atomic E-state index is -0.792. The van der Waals surface area contributed by atoms with E-state index < -0.39 is 12.1 Å². The van der Waals surface area contributed by atoms with Gasteiger partial charge in [-0.3, -0.25) is 4.79 Å². The monoisotopic (exact) mass is 363 g/mol. The highest BCUT2D eigenvalue weighted by Gasteiger charge is 2.22. The standard InChI is InChI=1S/C18H21NO3S2/c1-12(17(20)19-11-14-7-5-9-23-14)22-18(21)16-10-13-6-3-2-4-8-15(13)24-16/h5,7,9-10,12H,2-4,6,8,11H2,1H3,(H,19,20)/t12-/m0/s1. The van der Waals surface area contributed by atoms with E-state index >= 15 is 0 Å². The Bertz CT molecular complexity index is 682. The van der Waals surface area contributed by atoms with Crippen LogP contribution in [0.2, 0.25) is 0 Å². The Hall–Kier alpha value is -1.66. The number of carbonyl (C=O) groups is 2. The molecule has 0 aromatic carbocycles. The summed E-state index contributed by atoms with van der Waals surface area (Å²) < 4.78 is 5.34. The Morgan fingerprint density at radius 1 is 1.29 bits per heavy atom. The van der Waals surface area contributed by atoms with Gasteiger partial charge < -0.3 is 10.1 Å². The molecule has 4 nitrogen and oxygen atoms in total. The van der Waals surface area contributed by atoms with E-state index in [-0.39, 0.29) is 5.91 Å². The maximum absolute atomic E-state index is 12.3. The third kappa shape index (κ3) is 4.24. The van der Waals surface area contributed by atoms with Crippen LogP contribution in [0.3, 0.4) is 0 Å². The van der Waals surface area contributed by atoms with Crippen molar-refractivity contribution in [2.75, 3.05) is 0 Å². The lowest BCUT2D eigenvalue weighted by Crippen LogP contribution is -2.35. The van der Waals surface area contributed by atoms with Crippen molar-refractivity contribution in [3.8, 4) is 0 Å². The second kappa shape index (κ2) is 7.94. The van der Waals surface area contributed by atoms with Gasteiger partial charge in [-0.05, 0) is 55.7 Å². The van der Waals surface area contributed by atoms with Crippen molar-refractivity contribution in [1.82, 2.24) is 5.32 Å². The summed E-state index contributed by atoms with van der Waals surface area (Å²) in [5, 5.41) is 4.76. The Balaban J connectivity index is 1.54. The average molecular weight is 364 g/mol. The summed E-state index contributed by atoms with van der Waals surface area (Å²) in [4.78, 5) is 27.4. The van der Waals surface area contributed by atoms with E-state index in [1.54, 1.807) is 18.3 Å². The van der Waals surface area contributed by atoms with Crippen molar-refractivity contribution >= 4 is 34.6 Å². The van der Waals surface area contributed by atoms with E-state index in [2.05, 4.69) is 5.32 Å². The number of ether oxygens (including phenoxy) is 1. The van der Waals surface area contributed by atoms with Crippen molar-refractivity contribution in [3.05, 3.63) is 43.8 Å². The summed E-state index contributed by atoms with van der Waals surface area (Å²) in [5.41, 5.74) is 1.28. The molecule has 1 N–H and O–H groups in total. The molecule has 24 heavy (non-hydrogen) atoms. The normalized spacial score (nSPS) is 15.2. The van der Waals surface area contributed by atoms with Crippen LogP contribution >= 0.6 is 22.7 Å². The zero-order chi connectivity index (χ0) is 16.9. The summed E-state index contributed by atoms with van der Waals surface area (Å²) >= 11 is 3.10. The summed E-state index contributed by atoms with van der Waals surface area (Å²) in [6.07, 6.45) is 4.91. The lowest BCUT2D eigenvalue weighted by atomic mass is 10.1. The quantitative estimate of drug-likeness (QED) is 0.647. The molecule has 6 heteroatoms. The molecule has 0 fully saturated rings. The fourth-order valence-corrected chi connectivity index (χ4v) is 4.55. The molecule has 1 amide bonds. The Morgan fingerprint density at radius 3 is 2.92 bits per heavy atom. The lowest BCUT2D eigenvalue weighted by molar-refractivity contribution is -0.129. The van der Waals surface area contributed by atoms with Crippen LogP contribution < -0.4 is 5.32 Å². The summed E-state index contributed by atoms with van der Waals surface area (Å²) in [7, 11) is 0. The molecule has 0 spiro atoms. The molecule has 128 valence electrons. The van der Waals surface area contributed by atoms with Crippen molar-refractivity contribution in [2.45, 2.75) is 51.7 Å². The predicted octanol–water partition coefficient (Wildman–Crippen LogP) is 3.94. The first-order valence-electron chi connectivity index (χ1n) is 8.26. The van der Waals surface area contributed by atoms with Gasteiger partial charge in [0.1, 0.15) is 4.88 Å². The number of esters is 1. The third-order valence-electron chi connectivity index (χ3n) is 4.12. The molecule has 1 atom stereocenters. The first-order chi connectivity index (χ1) is 11.6. The highest BCUT2D eigenvalue weighted by Crippen LogP contribution is 2.29. The molecular weight excluding hydrogens is 342 g/mol. The fourth-order valence-electron chi connectivity index (χ4n) is 2.77. The van der Waals surface area contributed by atoms with E-state index in [0.29, 0.717) is 11.4 Å². The van der Waals surface area contributed by atoms with Gasteiger partial charge in [0.05, 0.1) is 6.54 Å². The van der Waals surface area contributed by atoms with Gasteiger partial charge >= 0.3 is 5.97 Å². The van der Waals surface area contributed by atoms with Gasteiger partial charge in [0.25, 0.3) is 5.91 Å². The molecule has 0 bridgehead atoms. The Morgan fingerprint density at radius 2 is 2.12 bits per heavy atom. The van der Waals surface area contributed by atoms with Crippen molar-refractivity contribution < 1.29 is 14.3 Å². The maximum Gasteiger partial charge on any atom is 0.349 e. The van der Waals surface area contributed by atoms with Gasteiger partial charge in [0, 0.05) is 9.75 Å². The first kappa shape index (κ1) is 17.2. The summed E-state index contributed by atoms with van der Waals surface area (Å²) in [6, 6.07) is 5.85. The summed E-state index contributed by atoms with van der Waals surface area (Å²) in [6.45, 7) is 2.08. The van der Waals surface area contributed by atoms with E-state index in [9.17, 15) is 9.59 Å². The molecule has 0 saturated heterocycles. The van der Waals surface area contributed by atoms with Gasteiger partial charge in [-0.2, -0.15) is 0 Å². The van der Waals surface area contributed by atoms with E-state index in [0.717, 1.165) is 17.7 Å². The van der Waals surface area contributed by atoms with Crippen molar-refractivity contribution in [3.63, 3.8) is 0 Å². The third-order valence-corrected chi connectivity index (χ3v) is 6.21. The van der Waals surface area contributed by atoms with Crippen LogP contribution in [0.1, 0.15) is 51.2 Å². The molecule has 0 aliphatic heterocycles. The van der Waals surface area contributed by atoms with Crippen LogP contribution in [0.15, 0.2) is 23.6 Å². The van der Waals surface area contributed by atoms with Crippen LogP contribution in [0.4, 0.5) is 0 Å². The minimum absolute atomic E-state index is 0.269. The predicted molar refractivity (Wildman–Crippen MR) is 96.6 cm³/mol. The van der Waals surface area contributed by atoms with Crippen LogP contribution in [0.25, 0.3) is 0 Å². The zero-order valence-electron chi connectivity index (χ0n) is 13.7. The van der Waals surface area contributed by atoms with Gasteiger partial charge in [0.2, 0.25) is 0 Å².